The molecule has 2 heterocycles. The average molecular weight is 371 g/mol. The first-order valence-electron chi connectivity index (χ1n) is 8.88. The number of ether oxygens (including phenoxy) is 1. The second-order valence-electron chi connectivity index (χ2n) is 6.50. The average Bonchev–Trinajstić information content (AvgIpc) is 3.08. The van der Waals surface area contributed by atoms with Crippen molar-refractivity contribution in [1.82, 2.24) is 4.57 Å². The molecule has 0 N–H and O–H groups in total. The summed E-state index contributed by atoms with van der Waals surface area (Å²) in [6.07, 6.45) is -0.335. The van der Waals surface area contributed by atoms with Crippen LogP contribution in [0.5, 0.6) is 0 Å². The molecule has 4 heteroatoms. The highest BCUT2D eigenvalue weighted by Gasteiger charge is 2.27. The zero-order valence-corrected chi connectivity index (χ0v) is 15.4. The number of fused-ring (bicyclic) bond motifs is 5. The van der Waals surface area contributed by atoms with E-state index in [0.717, 1.165) is 33.5 Å². The first-order valence-corrected chi connectivity index (χ1v) is 9.87. The van der Waals surface area contributed by atoms with Gasteiger partial charge in [-0.05, 0) is 23.3 Å². The Labute approximate surface area is 161 Å². The largest absolute Gasteiger partial charge is 0.444 e. The van der Waals surface area contributed by atoms with E-state index >= 15 is 0 Å². The second kappa shape index (κ2) is 6.63. The number of hydrogen-bond acceptors (Lipinski definition) is 3. The van der Waals surface area contributed by atoms with Crippen LogP contribution in [0, 0.1) is 0 Å². The summed E-state index contributed by atoms with van der Waals surface area (Å²) in [5.41, 5.74) is 5.14. The van der Waals surface area contributed by atoms with Crippen LogP contribution in [0.25, 0.3) is 22.2 Å². The van der Waals surface area contributed by atoms with Gasteiger partial charge in [0.1, 0.15) is 6.61 Å². The summed E-state index contributed by atoms with van der Waals surface area (Å²) in [5, 5.41) is 1.12. The van der Waals surface area contributed by atoms with Crippen molar-refractivity contribution in [2.45, 2.75) is 17.3 Å². The lowest BCUT2D eigenvalue weighted by Crippen LogP contribution is -2.15. The van der Waals surface area contributed by atoms with E-state index in [2.05, 4.69) is 18.2 Å². The Balaban J connectivity index is 1.63. The summed E-state index contributed by atoms with van der Waals surface area (Å²) in [7, 11) is 0. The zero-order chi connectivity index (χ0) is 18.2. The number of nitrogens with zero attached hydrogens (tertiary/aromatic N) is 1. The molecule has 5 rings (SSSR count). The van der Waals surface area contributed by atoms with Crippen LogP contribution in [0.1, 0.15) is 11.1 Å². The van der Waals surface area contributed by atoms with Gasteiger partial charge in [0, 0.05) is 21.6 Å². The van der Waals surface area contributed by atoms with E-state index in [9.17, 15) is 4.79 Å². The number of benzene rings is 3. The number of carbonyl (C=O) groups is 1. The van der Waals surface area contributed by atoms with Gasteiger partial charge >= 0.3 is 6.09 Å². The lowest BCUT2D eigenvalue weighted by Gasteiger charge is -2.18. The molecular formula is C23H17NO2S. The molecule has 4 aromatic rings. The van der Waals surface area contributed by atoms with Gasteiger partial charge in [0.2, 0.25) is 0 Å². The third kappa shape index (κ3) is 2.73. The van der Waals surface area contributed by atoms with Gasteiger partial charge in [0.25, 0.3) is 0 Å². The number of para-hydroxylation sites is 1. The van der Waals surface area contributed by atoms with E-state index in [0.29, 0.717) is 0 Å². The third-order valence-corrected chi connectivity index (χ3v) is 5.98. The summed E-state index contributed by atoms with van der Waals surface area (Å²) in [4.78, 5) is 14.3. The predicted molar refractivity (Wildman–Crippen MR) is 109 cm³/mol. The van der Waals surface area contributed by atoms with Gasteiger partial charge in [0.15, 0.2) is 0 Å². The van der Waals surface area contributed by atoms with Gasteiger partial charge in [-0.25, -0.2) is 9.36 Å². The van der Waals surface area contributed by atoms with Crippen molar-refractivity contribution in [3.05, 3.63) is 90.0 Å². The molecule has 27 heavy (non-hydrogen) atoms. The minimum atomic E-state index is -0.335. The third-order valence-electron chi connectivity index (χ3n) is 4.88. The highest BCUT2D eigenvalue weighted by Crippen LogP contribution is 2.45. The molecule has 0 saturated heterocycles. The molecule has 0 amide bonds. The molecule has 0 radical (unpaired) electrons. The monoisotopic (exact) mass is 371 g/mol. The Morgan fingerprint density at radius 2 is 1.67 bits per heavy atom. The van der Waals surface area contributed by atoms with Crippen LogP contribution < -0.4 is 0 Å². The summed E-state index contributed by atoms with van der Waals surface area (Å²) >= 11 is 1.82. The van der Waals surface area contributed by atoms with E-state index in [-0.39, 0.29) is 12.7 Å². The van der Waals surface area contributed by atoms with E-state index in [1.807, 2.05) is 72.4 Å². The maximum absolute atomic E-state index is 13.1. The number of hydrogen-bond donors (Lipinski definition) is 0. The number of aromatic nitrogens is 1. The van der Waals surface area contributed by atoms with Crippen molar-refractivity contribution in [3.8, 4) is 11.3 Å². The van der Waals surface area contributed by atoms with Gasteiger partial charge < -0.3 is 4.74 Å². The van der Waals surface area contributed by atoms with Crippen LogP contribution >= 0.6 is 11.8 Å². The number of carbonyl (C=O) groups excluding carboxylic acids is 1. The highest BCUT2D eigenvalue weighted by atomic mass is 32.2. The lowest BCUT2D eigenvalue weighted by molar-refractivity contribution is 0.142. The van der Waals surface area contributed by atoms with Crippen molar-refractivity contribution in [1.29, 1.82) is 0 Å². The Bertz CT molecular complexity index is 1150. The minimum Gasteiger partial charge on any atom is -0.444 e. The maximum atomic E-state index is 13.1. The van der Waals surface area contributed by atoms with E-state index in [4.69, 9.17) is 4.74 Å². The molecule has 3 nitrogen and oxygen atoms in total. The van der Waals surface area contributed by atoms with Gasteiger partial charge in [0.05, 0.1) is 11.2 Å². The zero-order valence-electron chi connectivity index (χ0n) is 14.6. The van der Waals surface area contributed by atoms with Gasteiger partial charge in [-0.15, -0.1) is 11.8 Å². The van der Waals surface area contributed by atoms with E-state index in [1.54, 1.807) is 4.57 Å². The van der Waals surface area contributed by atoms with Crippen molar-refractivity contribution in [2.24, 2.45) is 0 Å². The molecular weight excluding hydrogens is 354 g/mol. The van der Waals surface area contributed by atoms with Gasteiger partial charge in [-0.3, -0.25) is 0 Å². The fourth-order valence-corrected chi connectivity index (χ4v) is 4.73. The quantitative estimate of drug-likeness (QED) is 0.427. The van der Waals surface area contributed by atoms with Crippen LogP contribution in [0.2, 0.25) is 0 Å². The van der Waals surface area contributed by atoms with Gasteiger partial charge in [-0.1, -0.05) is 66.7 Å². The second-order valence-corrected chi connectivity index (χ2v) is 7.52. The normalized spacial score (nSPS) is 12.4. The summed E-state index contributed by atoms with van der Waals surface area (Å²) in [5.74, 6) is 0.853. The van der Waals surface area contributed by atoms with Crippen molar-refractivity contribution < 1.29 is 9.53 Å². The minimum absolute atomic E-state index is 0.261. The Morgan fingerprint density at radius 1 is 0.926 bits per heavy atom. The predicted octanol–water partition coefficient (Wildman–Crippen LogP) is 6.10. The molecule has 1 aromatic heterocycles. The smallest absolute Gasteiger partial charge is 0.419 e. The molecule has 0 fully saturated rings. The van der Waals surface area contributed by atoms with Crippen LogP contribution in [0.4, 0.5) is 4.79 Å². The van der Waals surface area contributed by atoms with Crippen molar-refractivity contribution >= 4 is 28.8 Å². The molecule has 132 valence electrons. The molecule has 0 bridgehead atoms. The fraction of sp³-hybridized carbons (Fsp3) is 0.0870. The molecule has 0 saturated carbocycles. The molecule has 0 spiro atoms. The molecule has 0 unspecified atom stereocenters. The Hall–Kier alpha value is -2.98. The summed E-state index contributed by atoms with van der Waals surface area (Å²) < 4.78 is 7.42. The first-order chi connectivity index (χ1) is 13.3. The number of thioether (sulfide) groups is 1. The van der Waals surface area contributed by atoms with Crippen molar-refractivity contribution in [3.63, 3.8) is 0 Å². The van der Waals surface area contributed by atoms with E-state index in [1.165, 1.54) is 10.5 Å². The molecule has 1 aliphatic heterocycles. The molecule has 0 atom stereocenters. The summed E-state index contributed by atoms with van der Waals surface area (Å²) in [6.45, 7) is 0.261. The Kier molecular flexibility index (Phi) is 3.98. The maximum Gasteiger partial charge on any atom is 0.419 e. The fourth-order valence-electron chi connectivity index (χ4n) is 3.65. The lowest BCUT2D eigenvalue weighted by atomic mass is 10.1. The summed E-state index contributed by atoms with van der Waals surface area (Å²) in [6, 6.07) is 26.1. The van der Waals surface area contributed by atoms with Crippen LogP contribution in [-0.2, 0) is 17.1 Å². The van der Waals surface area contributed by atoms with Crippen molar-refractivity contribution in [2.75, 3.05) is 0 Å². The van der Waals surface area contributed by atoms with Crippen LogP contribution in [-0.4, -0.2) is 10.7 Å². The van der Waals surface area contributed by atoms with Gasteiger partial charge in [-0.2, -0.15) is 0 Å². The highest BCUT2D eigenvalue weighted by molar-refractivity contribution is 7.98. The standard InChI is InChI=1S/C23H17NO2S/c25-23(26-14-16-8-2-1-3-9-16)24-20-12-6-4-10-17(20)19-15-27-21-13-7-5-11-18(21)22(19)24/h1-13H,14-15H2. The molecule has 0 aliphatic carbocycles. The number of rotatable bonds is 2. The first kappa shape index (κ1) is 16.2. The van der Waals surface area contributed by atoms with Crippen LogP contribution in [0.15, 0.2) is 83.8 Å². The molecule has 1 aliphatic rings. The van der Waals surface area contributed by atoms with Crippen LogP contribution in [0.3, 0.4) is 0 Å². The SMILES string of the molecule is O=C(OCc1ccccc1)n1c2c(c3ccccc31)CSc1ccccc1-2. The topological polar surface area (TPSA) is 31.2 Å². The Morgan fingerprint density at radius 3 is 2.56 bits per heavy atom. The van der Waals surface area contributed by atoms with E-state index < -0.39 is 0 Å². The molecule has 3 aromatic carbocycles.